The molecule has 4 aliphatic carbocycles. The van der Waals surface area contributed by atoms with Gasteiger partial charge in [0.25, 0.3) is 5.91 Å². The van der Waals surface area contributed by atoms with E-state index in [1.807, 2.05) is 4.57 Å². The average Bonchev–Trinajstić information content (AvgIpc) is 3.16. The van der Waals surface area contributed by atoms with E-state index < -0.39 is 0 Å². The standard InChI is InChI=1S/C20H23FN2O2S/c1-25-5-4-23-16-3-2-15(21)9-17(16)26-19(23)22-18(24)20-10-12-6-13(11-20)8-14(20)7-12/h2-3,9,12-14H,4-8,10-11H2,1H3/b22-19-. The van der Waals surface area contributed by atoms with Crippen molar-refractivity contribution in [3.05, 3.63) is 28.8 Å². The lowest BCUT2D eigenvalue weighted by atomic mass is 9.75. The average molecular weight is 374 g/mol. The van der Waals surface area contributed by atoms with Crippen molar-refractivity contribution in [3.8, 4) is 0 Å². The van der Waals surface area contributed by atoms with E-state index in [2.05, 4.69) is 4.99 Å². The Morgan fingerprint density at radius 3 is 2.85 bits per heavy atom. The van der Waals surface area contributed by atoms with Gasteiger partial charge < -0.3 is 9.30 Å². The molecule has 4 fully saturated rings. The van der Waals surface area contributed by atoms with Gasteiger partial charge in [-0.3, -0.25) is 4.79 Å². The van der Waals surface area contributed by atoms with Crippen LogP contribution in [0, 0.1) is 29.0 Å². The molecule has 4 saturated carbocycles. The van der Waals surface area contributed by atoms with Crippen LogP contribution in [0.15, 0.2) is 23.2 Å². The number of methoxy groups -OCH3 is 1. The Morgan fingerprint density at radius 1 is 1.35 bits per heavy atom. The number of ether oxygens (including phenoxy) is 1. The third kappa shape index (κ3) is 2.42. The van der Waals surface area contributed by atoms with Crippen molar-refractivity contribution in [3.63, 3.8) is 0 Å². The molecule has 1 heterocycles. The Labute approximate surface area is 155 Å². The molecule has 1 aromatic carbocycles. The summed E-state index contributed by atoms with van der Waals surface area (Å²) in [5.74, 6) is 1.78. The number of fused-ring (bicyclic) bond motifs is 1. The van der Waals surface area contributed by atoms with Gasteiger partial charge in [0, 0.05) is 13.7 Å². The Bertz CT molecular complexity index is 933. The van der Waals surface area contributed by atoms with Crippen LogP contribution in [-0.4, -0.2) is 24.2 Å². The van der Waals surface area contributed by atoms with Crippen molar-refractivity contribution in [1.82, 2.24) is 4.57 Å². The van der Waals surface area contributed by atoms with Gasteiger partial charge in [0.15, 0.2) is 4.80 Å². The normalized spacial score (nSPS) is 32.8. The SMILES string of the molecule is COCCn1/c(=N/C(=O)C23CC4CC(CC2C4)C3)sc2cc(F)ccc21. The monoisotopic (exact) mass is 374 g/mol. The number of benzene rings is 1. The summed E-state index contributed by atoms with van der Waals surface area (Å²) in [6.07, 6.45) is 5.77. The van der Waals surface area contributed by atoms with Crippen LogP contribution in [0.2, 0.25) is 0 Å². The summed E-state index contributed by atoms with van der Waals surface area (Å²) in [6, 6.07) is 4.75. The zero-order valence-electron chi connectivity index (χ0n) is 14.9. The smallest absolute Gasteiger partial charge is 0.254 e. The van der Waals surface area contributed by atoms with Crippen molar-refractivity contribution >= 4 is 27.5 Å². The highest BCUT2D eigenvalue weighted by Gasteiger charge is 2.61. The van der Waals surface area contributed by atoms with E-state index in [0.717, 1.165) is 34.9 Å². The third-order valence-electron chi connectivity index (χ3n) is 6.78. The zero-order chi connectivity index (χ0) is 17.9. The molecule has 4 nitrogen and oxygen atoms in total. The molecule has 0 aliphatic heterocycles. The molecule has 0 saturated heterocycles. The number of aromatic nitrogens is 1. The topological polar surface area (TPSA) is 43.6 Å². The van der Waals surface area contributed by atoms with E-state index in [0.29, 0.717) is 23.9 Å². The summed E-state index contributed by atoms with van der Waals surface area (Å²) < 4.78 is 21.7. The fraction of sp³-hybridized carbons (Fsp3) is 0.600. The van der Waals surface area contributed by atoms with Crippen LogP contribution in [0.5, 0.6) is 0 Å². The number of halogens is 1. The molecular weight excluding hydrogens is 351 g/mol. The molecule has 2 aromatic rings. The summed E-state index contributed by atoms with van der Waals surface area (Å²) in [6.45, 7) is 1.14. The van der Waals surface area contributed by atoms with Crippen molar-refractivity contribution in [2.24, 2.45) is 28.2 Å². The van der Waals surface area contributed by atoms with Crippen LogP contribution >= 0.6 is 11.3 Å². The fourth-order valence-corrected chi connectivity index (χ4v) is 6.95. The second-order valence-corrected chi connectivity index (χ2v) is 9.27. The molecule has 4 bridgehead atoms. The Balaban J connectivity index is 1.58. The molecule has 1 aromatic heterocycles. The molecule has 0 radical (unpaired) electrons. The molecule has 4 aliphatic rings. The zero-order valence-corrected chi connectivity index (χ0v) is 15.7. The molecular formula is C20H23FN2O2S. The number of nitrogens with zero attached hydrogens (tertiary/aromatic N) is 2. The summed E-state index contributed by atoms with van der Waals surface area (Å²) in [5.41, 5.74) is 0.698. The van der Waals surface area contributed by atoms with E-state index in [1.54, 1.807) is 13.2 Å². The minimum atomic E-state index is -0.263. The number of thiazole rings is 1. The lowest BCUT2D eigenvalue weighted by Crippen LogP contribution is -2.33. The molecule has 6 heteroatoms. The van der Waals surface area contributed by atoms with Gasteiger partial charge in [-0.15, -0.1) is 0 Å². The summed E-state index contributed by atoms with van der Waals surface area (Å²) >= 11 is 1.40. The lowest BCUT2D eigenvalue weighted by Gasteiger charge is -2.29. The first kappa shape index (κ1) is 16.6. The van der Waals surface area contributed by atoms with Gasteiger partial charge in [0.1, 0.15) is 5.82 Å². The maximum Gasteiger partial charge on any atom is 0.254 e. The number of hydrogen-bond donors (Lipinski definition) is 0. The molecule has 138 valence electrons. The van der Waals surface area contributed by atoms with Crippen LogP contribution in [0.4, 0.5) is 4.39 Å². The molecule has 2 atom stereocenters. The predicted octanol–water partition coefficient (Wildman–Crippen LogP) is 3.74. The largest absolute Gasteiger partial charge is 0.383 e. The van der Waals surface area contributed by atoms with E-state index in [-0.39, 0.29) is 17.1 Å². The first-order valence-corrected chi connectivity index (χ1v) is 10.3. The van der Waals surface area contributed by atoms with Crippen molar-refractivity contribution < 1.29 is 13.9 Å². The lowest BCUT2D eigenvalue weighted by molar-refractivity contribution is -0.129. The van der Waals surface area contributed by atoms with Crippen LogP contribution in [0.25, 0.3) is 10.2 Å². The summed E-state index contributed by atoms with van der Waals surface area (Å²) in [7, 11) is 1.66. The highest BCUT2D eigenvalue weighted by Crippen LogP contribution is 2.65. The van der Waals surface area contributed by atoms with Crippen LogP contribution in [-0.2, 0) is 16.1 Å². The van der Waals surface area contributed by atoms with Gasteiger partial charge in [0.05, 0.1) is 22.2 Å². The summed E-state index contributed by atoms with van der Waals surface area (Å²) in [4.78, 5) is 18.6. The van der Waals surface area contributed by atoms with Crippen molar-refractivity contribution in [2.75, 3.05) is 13.7 Å². The highest BCUT2D eigenvalue weighted by molar-refractivity contribution is 7.16. The van der Waals surface area contributed by atoms with Gasteiger partial charge in [0.2, 0.25) is 0 Å². The van der Waals surface area contributed by atoms with E-state index in [1.165, 1.54) is 42.7 Å². The number of carbonyl (C=O) groups excluding carboxylic acids is 1. The van der Waals surface area contributed by atoms with E-state index in [9.17, 15) is 9.18 Å². The first-order valence-electron chi connectivity index (χ1n) is 9.46. The van der Waals surface area contributed by atoms with Crippen LogP contribution < -0.4 is 4.80 Å². The third-order valence-corrected chi connectivity index (χ3v) is 7.82. The quantitative estimate of drug-likeness (QED) is 0.818. The second-order valence-electron chi connectivity index (χ2n) is 8.26. The predicted molar refractivity (Wildman–Crippen MR) is 98.2 cm³/mol. The molecule has 0 N–H and O–H groups in total. The Morgan fingerprint density at radius 2 is 2.12 bits per heavy atom. The molecule has 6 rings (SSSR count). The number of rotatable bonds is 4. The minimum Gasteiger partial charge on any atom is -0.383 e. The van der Waals surface area contributed by atoms with E-state index >= 15 is 0 Å². The van der Waals surface area contributed by atoms with Gasteiger partial charge in [-0.1, -0.05) is 11.3 Å². The molecule has 2 unspecified atom stereocenters. The number of carbonyl (C=O) groups is 1. The Hall–Kier alpha value is -1.53. The van der Waals surface area contributed by atoms with Gasteiger partial charge in [-0.05, 0) is 68.1 Å². The minimum absolute atomic E-state index is 0.0606. The van der Waals surface area contributed by atoms with Crippen molar-refractivity contribution in [1.29, 1.82) is 0 Å². The Kier molecular flexibility index (Phi) is 3.83. The van der Waals surface area contributed by atoms with Gasteiger partial charge in [-0.2, -0.15) is 4.99 Å². The maximum atomic E-state index is 13.6. The molecule has 0 spiro atoms. The second kappa shape index (κ2) is 5.99. The number of hydrogen-bond acceptors (Lipinski definition) is 3. The molecule has 26 heavy (non-hydrogen) atoms. The highest BCUT2D eigenvalue weighted by atomic mass is 32.1. The van der Waals surface area contributed by atoms with Crippen molar-refractivity contribution in [2.45, 2.75) is 38.6 Å². The number of amides is 1. The van der Waals surface area contributed by atoms with Gasteiger partial charge >= 0.3 is 0 Å². The fourth-order valence-electron chi connectivity index (χ4n) is 5.87. The van der Waals surface area contributed by atoms with Crippen LogP contribution in [0.1, 0.15) is 32.1 Å². The van der Waals surface area contributed by atoms with Gasteiger partial charge in [-0.25, -0.2) is 4.39 Å². The molecule has 1 amide bonds. The first-order chi connectivity index (χ1) is 12.6. The summed E-state index contributed by atoms with van der Waals surface area (Å²) in [5, 5.41) is 0. The maximum absolute atomic E-state index is 13.6. The van der Waals surface area contributed by atoms with E-state index in [4.69, 9.17) is 4.74 Å². The van der Waals surface area contributed by atoms with Crippen LogP contribution in [0.3, 0.4) is 0 Å².